The zero-order valence-corrected chi connectivity index (χ0v) is 9.80. The minimum absolute atomic E-state index is 0.341. The molecule has 1 amide bonds. The van der Waals surface area contributed by atoms with E-state index in [-0.39, 0.29) is 0 Å². The van der Waals surface area contributed by atoms with E-state index in [1.807, 2.05) is 0 Å². The van der Waals surface area contributed by atoms with E-state index in [4.69, 9.17) is 5.11 Å². The molecule has 0 aliphatic carbocycles. The van der Waals surface area contributed by atoms with Crippen molar-refractivity contribution in [1.82, 2.24) is 15.5 Å². The number of nitrogens with one attached hydrogen (secondary N) is 2. The molecule has 0 fully saturated rings. The second kappa shape index (κ2) is 4.87. The Bertz CT molecular complexity index is 591. The van der Waals surface area contributed by atoms with Gasteiger partial charge in [0.25, 0.3) is 5.91 Å². The highest BCUT2D eigenvalue weighted by atomic mass is 16.4. The standard InChI is InChI=1S/C12H13N3O3/c1-2-9(12(17)18)14-11(16)7-3-4-8-6-13-15-10(8)5-7/h3-6,9H,2H2,1H3,(H,13,15)(H,14,16)(H,17,18)/t9-/m0/s1. The first-order chi connectivity index (χ1) is 8.61. The highest BCUT2D eigenvalue weighted by Crippen LogP contribution is 2.12. The lowest BCUT2D eigenvalue weighted by Gasteiger charge is -2.12. The van der Waals surface area contributed by atoms with Gasteiger partial charge in [-0.25, -0.2) is 4.79 Å². The van der Waals surface area contributed by atoms with E-state index < -0.39 is 17.9 Å². The average Bonchev–Trinajstić information content (AvgIpc) is 2.82. The third kappa shape index (κ3) is 2.32. The quantitative estimate of drug-likeness (QED) is 0.755. The van der Waals surface area contributed by atoms with Crippen LogP contribution in [0.3, 0.4) is 0 Å². The Hall–Kier alpha value is -2.37. The zero-order chi connectivity index (χ0) is 13.1. The molecule has 1 atom stereocenters. The summed E-state index contributed by atoms with van der Waals surface area (Å²) in [6.45, 7) is 1.71. The van der Waals surface area contributed by atoms with Crippen molar-refractivity contribution in [3.63, 3.8) is 0 Å². The SMILES string of the molecule is CC[C@H](NC(=O)c1ccc2cn[nH]c2c1)C(=O)O. The third-order valence-corrected chi connectivity index (χ3v) is 2.72. The summed E-state index contributed by atoms with van der Waals surface area (Å²) in [5, 5.41) is 18.9. The Balaban J connectivity index is 2.19. The maximum atomic E-state index is 11.9. The molecule has 3 N–H and O–H groups in total. The lowest BCUT2D eigenvalue weighted by atomic mass is 10.1. The first-order valence-corrected chi connectivity index (χ1v) is 5.58. The Morgan fingerprint density at radius 1 is 1.50 bits per heavy atom. The number of aliphatic carboxylic acids is 1. The van der Waals surface area contributed by atoms with Gasteiger partial charge in [0.1, 0.15) is 6.04 Å². The lowest BCUT2D eigenvalue weighted by molar-refractivity contribution is -0.139. The molecule has 94 valence electrons. The molecule has 0 unspecified atom stereocenters. The topological polar surface area (TPSA) is 95.1 Å². The fourth-order valence-electron chi connectivity index (χ4n) is 1.66. The van der Waals surface area contributed by atoms with E-state index in [0.29, 0.717) is 12.0 Å². The molecule has 6 nitrogen and oxygen atoms in total. The number of fused-ring (bicyclic) bond motifs is 1. The summed E-state index contributed by atoms with van der Waals surface area (Å²) in [4.78, 5) is 22.7. The second-order valence-corrected chi connectivity index (χ2v) is 3.94. The number of hydrogen-bond donors (Lipinski definition) is 3. The van der Waals surface area contributed by atoms with Crippen LogP contribution in [0.25, 0.3) is 10.9 Å². The monoisotopic (exact) mass is 247 g/mol. The van der Waals surface area contributed by atoms with Crippen LogP contribution in [0, 0.1) is 0 Å². The number of carboxylic acid groups (broad SMARTS) is 1. The van der Waals surface area contributed by atoms with Gasteiger partial charge < -0.3 is 10.4 Å². The van der Waals surface area contributed by atoms with Crippen molar-refractivity contribution in [2.45, 2.75) is 19.4 Å². The van der Waals surface area contributed by atoms with Crippen LogP contribution in [0.1, 0.15) is 23.7 Å². The van der Waals surface area contributed by atoms with Gasteiger partial charge >= 0.3 is 5.97 Å². The maximum absolute atomic E-state index is 11.9. The van der Waals surface area contributed by atoms with Gasteiger partial charge in [-0.15, -0.1) is 0 Å². The summed E-state index contributed by atoms with van der Waals surface area (Å²) >= 11 is 0. The normalized spacial score (nSPS) is 12.3. The molecule has 2 aromatic rings. The number of nitrogens with zero attached hydrogens (tertiary/aromatic N) is 1. The largest absolute Gasteiger partial charge is 0.480 e. The first kappa shape index (κ1) is 12.1. The number of carbonyl (C=O) groups is 2. The van der Waals surface area contributed by atoms with Gasteiger partial charge in [0.15, 0.2) is 0 Å². The van der Waals surface area contributed by atoms with Crippen molar-refractivity contribution < 1.29 is 14.7 Å². The van der Waals surface area contributed by atoms with Crippen molar-refractivity contribution in [2.24, 2.45) is 0 Å². The highest BCUT2D eigenvalue weighted by Gasteiger charge is 2.18. The van der Waals surface area contributed by atoms with E-state index in [1.54, 1.807) is 31.3 Å². The molecule has 0 bridgehead atoms. The van der Waals surface area contributed by atoms with E-state index in [0.717, 1.165) is 10.9 Å². The summed E-state index contributed by atoms with van der Waals surface area (Å²) in [7, 11) is 0. The molecule has 6 heteroatoms. The van der Waals surface area contributed by atoms with Crippen LogP contribution in [0.5, 0.6) is 0 Å². The third-order valence-electron chi connectivity index (χ3n) is 2.72. The Morgan fingerprint density at radius 2 is 2.28 bits per heavy atom. The van der Waals surface area contributed by atoms with Crippen LogP contribution in [0.15, 0.2) is 24.4 Å². The predicted molar refractivity (Wildman–Crippen MR) is 65.3 cm³/mol. The molecule has 0 spiro atoms. The van der Waals surface area contributed by atoms with E-state index >= 15 is 0 Å². The summed E-state index contributed by atoms with van der Waals surface area (Å²) in [5.41, 5.74) is 1.15. The van der Waals surface area contributed by atoms with Gasteiger partial charge in [0.05, 0.1) is 11.7 Å². The maximum Gasteiger partial charge on any atom is 0.326 e. The number of aromatic nitrogens is 2. The number of carboxylic acids is 1. The van der Waals surface area contributed by atoms with Crippen molar-refractivity contribution in [3.8, 4) is 0 Å². The number of benzene rings is 1. The molecule has 0 aliphatic heterocycles. The highest BCUT2D eigenvalue weighted by molar-refractivity contribution is 5.99. The van der Waals surface area contributed by atoms with Crippen LogP contribution >= 0.6 is 0 Å². The summed E-state index contributed by atoms with van der Waals surface area (Å²) in [5.74, 6) is -1.44. The zero-order valence-electron chi connectivity index (χ0n) is 9.80. The van der Waals surface area contributed by atoms with Gasteiger partial charge in [0, 0.05) is 10.9 Å². The van der Waals surface area contributed by atoms with Gasteiger partial charge in [0.2, 0.25) is 0 Å². The molecule has 0 saturated carbocycles. The van der Waals surface area contributed by atoms with E-state index in [9.17, 15) is 9.59 Å². The molecule has 0 radical (unpaired) electrons. The molecule has 0 saturated heterocycles. The number of carbonyl (C=O) groups excluding carboxylic acids is 1. The Morgan fingerprint density at radius 3 is 2.94 bits per heavy atom. The molecule has 1 heterocycles. The van der Waals surface area contributed by atoms with Crippen molar-refractivity contribution in [2.75, 3.05) is 0 Å². The van der Waals surface area contributed by atoms with Gasteiger partial charge in [-0.1, -0.05) is 13.0 Å². The van der Waals surface area contributed by atoms with Crippen LogP contribution in [-0.2, 0) is 4.79 Å². The number of aromatic amines is 1. The fraction of sp³-hybridized carbons (Fsp3) is 0.250. The van der Waals surface area contributed by atoms with Gasteiger partial charge in [-0.2, -0.15) is 5.10 Å². The smallest absolute Gasteiger partial charge is 0.326 e. The van der Waals surface area contributed by atoms with E-state index in [2.05, 4.69) is 15.5 Å². The lowest BCUT2D eigenvalue weighted by Crippen LogP contribution is -2.40. The average molecular weight is 247 g/mol. The minimum Gasteiger partial charge on any atom is -0.480 e. The Labute approximate surface area is 103 Å². The van der Waals surface area contributed by atoms with Gasteiger partial charge in [-0.05, 0) is 18.6 Å². The van der Waals surface area contributed by atoms with Crippen molar-refractivity contribution in [1.29, 1.82) is 0 Å². The summed E-state index contributed by atoms with van der Waals surface area (Å²) in [6, 6.07) is 4.18. The van der Waals surface area contributed by atoms with Crippen molar-refractivity contribution >= 4 is 22.8 Å². The van der Waals surface area contributed by atoms with Crippen LogP contribution in [0.2, 0.25) is 0 Å². The number of amides is 1. The van der Waals surface area contributed by atoms with Gasteiger partial charge in [-0.3, -0.25) is 9.89 Å². The number of hydrogen-bond acceptors (Lipinski definition) is 3. The number of H-pyrrole nitrogens is 1. The molecule has 18 heavy (non-hydrogen) atoms. The Kier molecular flexibility index (Phi) is 3.27. The summed E-state index contributed by atoms with van der Waals surface area (Å²) in [6.07, 6.45) is 2.00. The van der Waals surface area contributed by atoms with Crippen LogP contribution < -0.4 is 5.32 Å². The van der Waals surface area contributed by atoms with E-state index in [1.165, 1.54) is 0 Å². The minimum atomic E-state index is -1.03. The fourth-order valence-corrected chi connectivity index (χ4v) is 1.66. The number of rotatable bonds is 4. The first-order valence-electron chi connectivity index (χ1n) is 5.58. The molecule has 0 aliphatic rings. The molecular weight excluding hydrogens is 234 g/mol. The second-order valence-electron chi connectivity index (χ2n) is 3.94. The molecule has 1 aromatic carbocycles. The predicted octanol–water partition coefficient (Wildman–Crippen LogP) is 1.16. The van der Waals surface area contributed by atoms with Crippen LogP contribution in [0.4, 0.5) is 0 Å². The molecular formula is C12H13N3O3. The molecule has 1 aromatic heterocycles. The van der Waals surface area contributed by atoms with Crippen molar-refractivity contribution in [3.05, 3.63) is 30.0 Å². The summed E-state index contributed by atoms with van der Waals surface area (Å²) < 4.78 is 0. The molecule has 2 rings (SSSR count). The van der Waals surface area contributed by atoms with Crippen LogP contribution in [-0.4, -0.2) is 33.2 Å².